The zero-order valence-corrected chi connectivity index (χ0v) is 15.0. The lowest BCUT2D eigenvalue weighted by molar-refractivity contribution is 0.0831. The van der Waals surface area contributed by atoms with Gasteiger partial charge < -0.3 is 20.1 Å². The number of ether oxygens (including phenoxy) is 1. The molecule has 1 atom stereocenters. The van der Waals surface area contributed by atoms with E-state index in [9.17, 15) is 5.11 Å². The fraction of sp³-hybridized carbons (Fsp3) is 0.400. The van der Waals surface area contributed by atoms with E-state index in [0.717, 1.165) is 18.0 Å². The molecule has 130 valence electrons. The van der Waals surface area contributed by atoms with Crippen LogP contribution < -0.4 is 10.1 Å². The Morgan fingerprint density at radius 2 is 1.79 bits per heavy atom. The van der Waals surface area contributed by atoms with Gasteiger partial charge in [-0.05, 0) is 63.3 Å². The minimum atomic E-state index is -0.484. The van der Waals surface area contributed by atoms with Crippen LogP contribution in [0.5, 0.6) is 5.75 Å². The highest BCUT2D eigenvalue weighted by Crippen LogP contribution is 2.18. The second-order valence-electron chi connectivity index (χ2n) is 6.53. The quantitative estimate of drug-likeness (QED) is 0.781. The van der Waals surface area contributed by atoms with Crippen LogP contribution in [0.15, 0.2) is 42.5 Å². The molecule has 2 N–H and O–H groups in total. The van der Waals surface area contributed by atoms with Crippen molar-refractivity contribution in [2.75, 3.05) is 32.6 Å². The van der Waals surface area contributed by atoms with Crippen molar-refractivity contribution < 1.29 is 9.84 Å². The number of anilines is 1. The maximum atomic E-state index is 9.81. The van der Waals surface area contributed by atoms with Crippen molar-refractivity contribution in [3.05, 3.63) is 59.2 Å². The Labute approximate surface area is 145 Å². The highest BCUT2D eigenvalue weighted by atomic mass is 16.5. The molecule has 0 heterocycles. The van der Waals surface area contributed by atoms with E-state index in [1.165, 1.54) is 16.7 Å². The lowest BCUT2D eigenvalue weighted by Crippen LogP contribution is -2.30. The van der Waals surface area contributed by atoms with Crippen LogP contribution >= 0.6 is 0 Å². The van der Waals surface area contributed by atoms with Gasteiger partial charge in [0.1, 0.15) is 18.5 Å². The Morgan fingerprint density at radius 1 is 1.08 bits per heavy atom. The Balaban J connectivity index is 1.83. The van der Waals surface area contributed by atoms with Crippen molar-refractivity contribution >= 4 is 5.69 Å². The normalized spacial score (nSPS) is 12.2. The van der Waals surface area contributed by atoms with Crippen molar-refractivity contribution in [1.82, 2.24) is 4.90 Å². The molecule has 0 radical (unpaired) electrons. The van der Waals surface area contributed by atoms with Crippen LogP contribution in [0.4, 0.5) is 5.69 Å². The molecular formula is C20H28N2O2. The summed E-state index contributed by atoms with van der Waals surface area (Å²) < 4.78 is 5.61. The molecule has 0 fully saturated rings. The predicted molar refractivity (Wildman–Crippen MR) is 99.7 cm³/mol. The summed E-state index contributed by atoms with van der Waals surface area (Å²) in [4.78, 5) is 1.94. The molecule has 0 saturated carbocycles. The number of rotatable bonds is 8. The number of aryl methyl sites for hydroxylation is 2. The summed E-state index contributed by atoms with van der Waals surface area (Å²) in [5.74, 6) is 0.768. The number of likely N-dealkylation sites (N-methyl/N-ethyl adjacent to an activating group) is 1. The Morgan fingerprint density at radius 3 is 2.42 bits per heavy atom. The molecule has 0 bridgehead atoms. The molecule has 2 rings (SSSR count). The second kappa shape index (κ2) is 8.71. The minimum Gasteiger partial charge on any atom is -0.491 e. The summed E-state index contributed by atoms with van der Waals surface area (Å²) in [7, 11) is 3.86. The van der Waals surface area contributed by atoms with Gasteiger partial charge in [0.05, 0.1) is 0 Å². The van der Waals surface area contributed by atoms with Crippen molar-refractivity contribution in [2.45, 2.75) is 26.5 Å². The van der Waals surface area contributed by atoms with Gasteiger partial charge in [-0.2, -0.15) is 0 Å². The number of hydrogen-bond acceptors (Lipinski definition) is 4. The van der Waals surface area contributed by atoms with Crippen LogP contribution in [0, 0.1) is 13.8 Å². The molecule has 4 nitrogen and oxygen atoms in total. The number of aliphatic hydroxyl groups excluding tert-OH is 1. The molecule has 1 unspecified atom stereocenters. The van der Waals surface area contributed by atoms with E-state index in [0.29, 0.717) is 13.2 Å². The van der Waals surface area contributed by atoms with Crippen LogP contribution in [0.3, 0.4) is 0 Å². The molecule has 0 aliphatic rings. The van der Waals surface area contributed by atoms with Gasteiger partial charge in [-0.25, -0.2) is 0 Å². The van der Waals surface area contributed by atoms with E-state index in [2.05, 4.69) is 37.4 Å². The van der Waals surface area contributed by atoms with E-state index < -0.39 is 6.10 Å². The number of nitrogens with one attached hydrogen (secondary N) is 1. The Hall–Kier alpha value is -2.04. The highest BCUT2D eigenvalue weighted by molar-refractivity contribution is 5.47. The maximum Gasteiger partial charge on any atom is 0.119 e. The fourth-order valence-corrected chi connectivity index (χ4v) is 2.58. The standard InChI is InChI=1S/C20H28N2O2/c1-15-5-6-17(16(2)11-15)12-21-18-7-9-20(10-8-18)24-14-19(23)13-22(3)4/h5-11,19,21,23H,12-14H2,1-4H3. The Kier molecular flexibility index (Phi) is 6.64. The van der Waals surface area contributed by atoms with E-state index in [1.54, 1.807) is 0 Å². The van der Waals surface area contributed by atoms with Crippen LogP contribution in [-0.4, -0.2) is 43.4 Å². The van der Waals surface area contributed by atoms with Gasteiger partial charge in [0.25, 0.3) is 0 Å². The van der Waals surface area contributed by atoms with Crippen LogP contribution in [0.25, 0.3) is 0 Å². The average molecular weight is 328 g/mol. The van der Waals surface area contributed by atoms with Crippen molar-refractivity contribution in [3.63, 3.8) is 0 Å². The fourth-order valence-electron chi connectivity index (χ4n) is 2.58. The molecule has 2 aromatic rings. The van der Waals surface area contributed by atoms with Gasteiger partial charge >= 0.3 is 0 Å². The van der Waals surface area contributed by atoms with E-state index in [4.69, 9.17) is 4.74 Å². The van der Waals surface area contributed by atoms with Crippen LogP contribution in [0.2, 0.25) is 0 Å². The van der Waals surface area contributed by atoms with Crippen molar-refractivity contribution in [1.29, 1.82) is 0 Å². The molecule has 0 aliphatic carbocycles. The second-order valence-corrected chi connectivity index (χ2v) is 6.53. The lowest BCUT2D eigenvalue weighted by Gasteiger charge is -2.16. The van der Waals surface area contributed by atoms with E-state index in [-0.39, 0.29) is 0 Å². The highest BCUT2D eigenvalue weighted by Gasteiger charge is 2.06. The van der Waals surface area contributed by atoms with Gasteiger partial charge in [-0.1, -0.05) is 23.8 Å². The topological polar surface area (TPSA) is 44.7 Å². The number of benzene rings is 2. The van der Waals surface area contributed by atoms with Gasteiger partial charge in [0.2, 0.25) is 0 Å². The molecule has 4 heteroatoms. The van der Waals surface area contributed by atoms with Gasteiger partial charge in [0.15, 0.2) is 0 Å². The zero-order chi connectivity index (χ0) is 17.5. The molecule has 0 aromatic heterocycles. The predicted octanol–water partition coefficient (Wildman–Crippen LogP) is 3.22. The Bertz CT molecular complexity index is 639. The number of aliphatic hydroxyl groups is 1. The molecule has 0 aliphatic heterocycles. The number of nitrogens with zero attached hydrogens (tertiary/aromatic N) is 1. The molecule has 0 saturated heterocycles. The first-order valence-corrected chi connectivity index (χ1v) is 8.29. The maximum absolute atomic E-state index is 9.81. The van der Waals surface area contributed by atoms with Crippen molar-refractivity contribution in [3.8, 4) is 5.75 Å². The summed E-state index contributed by atoms with van der Waals surface area (Å²) in [6.07, 6.45) is -0.484. The molecular weight excluding hydrogens is 300 g/mol. The summed E-state index contributed by atoms with van der Waals surface area (Å²) in [6.45, 7) is 5.94. The smallest absolute Gasteiger partial charge is 0.119 e. The summed E-state index contributed by atoms with van der Waals surface area (Å²) >= 11 is 0. The number of hydrogen-bond donors (Lipinski definition) is 2. The largest absolute Gasteiger partial charge is 0.491 e. The van der Waals surface area contributed by atoms with Crippen LogP contribution in [0.1, 0.15) is 16.7 Å². The summed E-state index contributed by atoms with van der Waals surface area (Å²) in [5.41, 5.74) is 4.94. The first kappa shape index (κ1) is 18.3. The van der Waals surface area contributed by atoms with E-state index in [1.807, 2.05) is 43.3 Å². The lowest BCUT2D eigenvalue weighted by atomic mass is 10.1. The molecule has 0 amide bonds. The van der Waals surface area contributed by atoms with Gasteiger partial charge in [-0.15, -0.1) is 0 Å². The summed E-state index contributed by atoms with van der Waals surface area (Å²) in [6, 6.07) is 14.3. The first-order valence-electron chi connectivity index (χ1n) is 8.29. The summed E-state index contributed by atoms with van der Waals surface area (Å²) in [5, 5.41) is 13.2. The minimum absolute atomic E-state index is 0.299. The third-order valence-electron chi connectivity index (χ3n) is 3.85. The van der Waals surface area contributed by atoms with Gasteiger partial charge in [-0.3, -0.25) is 0 Å². The first-order chi connectivity index (χ1) is 11.4. The zero-order valence-electron chi connectivity index (χ0n) is 15.0. The van der Waals surface area contributed by atoms with Crippen molar-refractivity contribution in [2.24, 2.45) is 0 Å². The monoisotopic (exact) mass is 328 g/mol. The molecule has 2 aromatic carbocycles. The van der Waals surface area contributed by atoms with E-state index >= 15 is 0 Å². The van der Waals surface area contributed by atoms with Crippen LogP contribution in [-0.2, 0) is 6.54 Å². The molecule has 0 spiro atoms. The average Bonchev–Trinajstić information content (AvgIpc) is 2.52. The molecule has 24 heavy (non-hydrogen) atoms. The third-order valence-corrected chi connectivity index (χ3v) is 3.85. The van der Waals surface area contributed by atoms with Gasteiger partial charge in [0, 0.05) is 18.8 Å². The third kappa shape index (κ3) is 5.87. The SMILES string of the molecule is Cc1ccc(CNc2ccc(OCC(O)CN(C)C)cc2)c(C)c1.